The van der Waals surface area contributed by atoms with E-state index < -0.39 is 0 Å². The first-order valence-corrected chi connectivity index (χ1v) is 7.87. The maximum absolute atomic E-state index is 12.7. The number of nitrogens with zero attached hydrogens (tertiary/aromatic N) is 4. The van der Waals surface area contributed by atoms with Crippen LogP contribution in [0.3, 0.4) is 0 Å². The number of aromatic nitrogens is 2. The first kappa shape index (κ1) is 14.8. The normalized spacial score (nSPS) is 22.7. The fourth-order valence-electron chi connectivity index (χ4n) is 2.95. The van der Waals surface area contributed by atoms with Gasteiger partial charge in [0, 0.05) is 38.8 Å². The van der Waals surface area contributed by atoms with Crippen molar-refractivity contribution in [2.75, 3.05) is 37.6 Å². The monoisotopic (exact) mass is 329 g/mol. The number of hydrogen-bond acceptors (Lipinski definition) is 5. The van der Waals surface area contributed by atoms with Gasteiger partial charge in [-0.3, -0.25) is 4.79 Å². The highest BCUT2D eigenvalue weighted by Gasteiger charge is 2.35. The van der Waals surface area contributed by atoms with Gasteiger partial charge in [0.1, 0.15) is 6.04 Å². The Hall–Kier alpha value is -1.11. The predicted molar refractivity (Wildman–Crippen MR) is 81.9 cm³/mol. The molecular formula is C13H17Cl2N5O. The minimum Gasteiger partial charge on any atom is -0.357 e. The summed E-state index contributed by atoms with van der Waals surface area (Å²) in [6.45, 7) is 3.99. The topological polar surface area (TPSA) is 61.4 Å². The molecule has 1 N–H and O–H groups in total. The van der Waals surface area contributed by atoms with E-state index in [0.29, 0.717) is 10.8 Å². The molecular weight excluding hydrogens is 313 g/mol. The molecule has 2 saturated heterocycles. The molecule has 1 unspecified atom stereocenters. The number of hydrogen-bond donors (Lipinski definition) is 1. The largest absolute Gasteiger partial charge is 0.357 e. The third kappa shape index (κ3) is 3.07. The van der Waals surface area contributed by atoms with Crippen molar-refractivity contribution in [3.8, 4) is 0 Å². The smallest absolute Gasteiger partial charge is 0.245 e. The van der Waals surface area contributed by atoms with Gasteiger partial charge in [-0.05, 0) is 12.8 Å². The lowest BCUT2D eigenvalue weighted by Gasteiger charge is -2.33. The highest BCUT2D eigenvalue weighted by atomic mass is 35.5. The number of rotatable bonds is 2. The van der Waals surface area contributed by atoms with Crippen LogP contribution in [-0.2, 0) is 4.79 Å². The summed E-state index contributed by atoms with van der Waals surface area (Å²) in [5, 5.41) is 11.4. The van der Waals surface area contributed by atoms with Crippen LogP contribution in [0.25, 0.3) is 0 Å². The molecule has 3 heterocycles. The molecule has 0 aromatic carbocycles. The van der Waals surface area contributed by atoms with Crippen LogP contribution in [0.1, 0.15) is 12.8 Å². The first-order valence-electron chi connectivity index (χ1n) is 7.11. The van der Waals surface area contributed by atoms with Crippen LogP contribution in [0.2, 0.25) is 10.3 Å². The molecule has 2 aliphatic heterocycles. The Morgan fingerprint density at radius 3 is 2.76 bits per heavy atom. The summed E-state index contributed by atoms with van der Waals surface area (Å²) in [4.78, 5) is 16.7. The Balaban J connectivity index is 1.81. The molecule has 0 bridgehead atoms. The zero-order chi connectivity index (χ0) is 14.8. The SMILES string of the molecule is O=C(C1CCCN1c1cc(Cl)nnc1Cl)N1CCNCC1. The third-order valence-corrected chi connectivity index (χ3v) is 4.43. The first-order chi connectivity index (χ1) is 10.2. The predicted octanol–water partition coefficient (Wildman–Crippen LogP) is 1.18. The van der Waals surface area contributed by atoms with Gasteiger partial charge in [-0.25, -0.2) is 0 Å². The van der Waals surface area contributed by atoms with Crippen LogP contribution < -0.4 is 10.2 Å². The molecule has 1 amide bonds. The van der Waals surface area contributed by atoms with E-state index in [1.807, 2.05) is 9.80 Å². The van der Waals surface area contributed by atoms with Gasteiger partial charge in [0.15, 0.2) is 10.3 Å². The summed E-state index contributed by atoms with van der Waals surface area (Å²) in [7, 11) is 0. The molecule has 2 fully saturated rings. The van der Waals surface area contributed by atoms with Crippen LogP contribution in [0, 0.1) is 0 Å². The maximum Gasteiger partial charge on any atom is 0.245 e. The highest BCUT2D eigenvalue weighted by Crippen LogP contribution is 2.32. The fourth-order valence-corrected chi connectivity index (χ4v) is 3.30. The third-order valence-electron chi connectivity index (χ3n) is 3.98. The van der Waals surface area contributed by atoms with Crippen LogP contribution in [0.5, 0.6) is 0 Å². The van der Waals surface area contributed by atoms with E-state index in [2.05, 4.69) is 15.5 Å². The average molecular weight is 330 g/mol. The zero-order valence-corrected chi connectivity index (χ0v) is 13.1. The number of anilines is 1. The molecule has 0 radical (unpaired) electrons. The lowest BCUT2D eigenvalue weighted by atomic mass is 10.1. The van der Waals surface area contributed by atoms with E-state index in [9.17, 15) is 4.79 Å². The average Bonchev–Trinajstić information content (AvgIpc) is 2.99. The Kier molecular flexibility index (Phi) is 4.47. The second kappa shape index (κ2) is 6.34. The minimum absolute atomic E-state index is 0.165. The number of nitrogens with one attached hydrogen (secondary N) is 1. The van der Waals surface area contributed by atoms with E-state index in [4.69, 9.17) is 23.2 Å². The Labute approximate surface area is 133 Å². The lowest BCUT2D eigenvalue weighted by Crippen LogP contribution is -2.52. The second-order valence-corrected chi connectivity index (χ2v) is 6.02. The number of halogens is 2. The van der Waals surface area contributed by atoms with Crippen molar-refractivity contribution in [3.05, 3.63) is 16.4 Å². The van der Waals surface area contributed by atoms with Gasteiger partial charge < -0.3 is 15.1 Å². The Bertz CT molecular complexity index is 535. The van der Waals surface area contributed by atoms with Crippen LogP contribution in [0.4, 0.5) is 5.69 Å². The molecule has 114 valence electrons. The highest BCUT2D eigenvalue weighted by molar-refractivity contribution is 6.33. The summed E-state index contributed by atoms with van der Waals surface area (Å²) in [5.41, 5.74) is 0.697. The second-order valence-electron chi connectivity index (χ2n) is 5.27. The van der Waals surface area contributed by atoms with E-state index >= 15 is 0 Å². The Morgan fingerprint density at radius 1 is 1.24 bits per heavy atom. The molecule has 0 saturated carbocycles. The molecule has 0 aliphatic carbocycles. The zero-order valence-electron chi connectivity index (χ0n) is 11.6. The maximum atomic E-state index is 12.7. The van der Waals surface area contributed by atoms with Crippen molar-refractivity contribution >= 4 is 34.8 Å². The van der Waals surface area contributed by atoms with E-state index in [1.54, 1.807) is 6.07 Å². The van der Waals surface area contributed by atoms with Gasteiger partial charge in [-0.1, -0.05) is 23.2 Å². The van der Waals surface area contributed by atoms with Gasteiger partial charge in [-0.15, -0.1) is 10.2 Å². The van der Waals surface area contributed by atoms with Crippen LogP contribution in [0.15, 0.2) is 6.07 Å². The van der Waals surface area contributed by atoms with Crippen molar-refractivity contribution in [1.82, 2.24) is 20.4 Å². The summed E-state index contributed by atoms with van der Waals surface area (Å²) < 4.78 is 0. The molecule has 3 rings (SSSR count). The van der Waals surface area contributed by atoms with Crippen LogP contribution in [-0.4, -0.2) is 59.8 Å². The van der Waals surface area contributed by atoms with Gasteiger partial charge in [0.05, 0.1) is 5.69 Å². The summed E-state index contributed by atoms with van der Waals surface area (Å²) in [6.07, 6.45) is 1.79. The Morgan fingerprint density at radius 2 is 2.00 bits per heavy atom. The van der Waals surface area contributed by atoms with Gasteiger partial charge in [-0.2, -0.15) is 0 Å². The van der Waals surface area contributed by atoms with Crippen molar-refractivity contribution < 1.29 is 4.79 Å². The van der Waals surface area contributed by atoms with Gasteiger partial charge >= 0.3 is 0 Å². The number of piperazine rings is 1. The van der Waals surface area contributed by atoms with Crippen molar-refractivity contribution in [3.63, 3.8) is 0 Å². The summed E-state index contributed by atoms with van der Waals surface area (Å²) in [5.74, 6) is 0.165. The lowest BCUT2D eigenvalue weighted by molar-refractivity contribution is -0.132. The number of carbonyl (C=O) groups excluding carboxylic acids is 1. The number of carbonyl (C=O) groups is 1. The fraction of sp³-hybridized carbons (Fsp3) is 0.615. The molecule has 6 nitrogen and oxygen atoms in total. The standard InChI is InChI=1S/C13H17Cl2N5O/c14-11-8-10(12(15)18-17-11)20-5-1-2-9(20)13(21)19-6-3-16-4-7-19/h8-9,16H,1-7H2. The molecule has 1 atom stereocenters. The van der Waals surface area contributed by atoms with Gasteiger partial charge in [0.25, 0.3) is 0 Å². The molecule has 1 aromatic rings. The molecule has 2 aliphatic rings. The van der Waals surface area contributed by atoms with Gasteiger partial charge in [0.2, 0.25) is 5.91 Å². The molecule has 1 aromatic heterocycles. The minimum atomic E-state index is -0.180. The molecule has 0 spiro atoms. The van der Waals surface area contributed by atoms with Crippen molar-refractivity contribution in [1.29, 1.82) is 0 Å². The molecule has 8 heteroatoms. The summed E-state index contributed by atoms with van der Waals surface area (Å²) >= 11 is 12.0. The molecule has 21 heavy (non-hydrogen) atoms. The van der Waals surface area contributed by atoms with E-state index in [1.165, 1.54) is 0 Å². The number of amides is 1. The van der Waals surface area contributed by atoms with E-state index in [-0.39, 0.29) is 17.1 Å². The van der Waals surface area contributed by atoms with Crippen molar-refractivity contribution in [2.24, 2.45) is 0 Å². The van der Waals surface area contributed by atoms with E-state index in [0.717, 1.165) is 45.6 Å². The summed E-state index contributed by atoms with van der Waals surface area (Å²) in [6, 6.07) is 1.50. The van der Waals surface area contributed by atoms with Crippen molar-refractivity contribution in [2.45, 2.75) is 18.9 Å². The quantitative estimate of drug-likeness (QED) is 0.882. The van der Waals surface area contributed by atoms with Crippen LogP contribution >= 0.6 is 23.2 Å².